The number of carbonyl (C=O) groups excluding carboxylic acids is 2. The van der Waals surface area contributed by atoms with Gasteiger partial charge >= 0.3 is 0 Å². The maximum atomic E-state index is 12.8. The van der Waals surface area contributed by atoms with Crippen molar-refractivity contribution in [2.45, 2.75) is 38.3 Å². The molecule has 2 amide bonds. The first-order valence-corrected chi connectivity index (χ1v) is 8.21. The highest BCUT2D eigenvalue weighted by Crippen LogP contribution is 2.36. The van der Waals surface area contributed by atoms with E-state index in [2.05, 4.69) is 4.98 Å². The quantitative estimate of drug-likeness (QED) is 0.848. The largest absolute Gasteiger partial charge is 0.335 e. The van der Waals surface area contributed by atoms with Crippen LogP contribution in [0.1, 0.15) is 31.4 Å². The van der Waals surface area contributed by atoms with Crippen LogP contribution in [0.15, 0.2) is 24.4 Å². The summed E-state index contributed by atoms with van der Waals surface area (Å²) in [4.78, 5) is 33.3. The van der Waals surface area contributed by atoms with Crippen LogP contribution in [0.4, 0.5) is 0 Å². The van der Waals surface area contributed by atoms with E-state index in [0.717, 1.165) is 44.5 Å². The molecule has 2 atom stereocenters. The monoisotopic (exact) mass is 299 g/mol. The van der Waals surface area contributed by atoms with E-state index in [1.807, 2.05) is 28.0 Å². The van der Waals surface area contributed by atoms with E-state index in [-0.39, 0.29) is 23.8 Å². The van der Waals surface area contributed by atoms with E-state index in [9.17, 15) is 9.59 Å². The van der Waals surface area contributed by atoms with Gasteiger partial charge < -0.3 is 9.80 Å². The van der Waals surface area contributed by atoms with Gasteiger partial charge in [-0.15, -0.1) is 0 Å². The normalized spacial score (nSPS) is 27.9. The van der Waals surface area contributed by atoms with Crippen LogP contribution in [0, 0.1) is 11.8 Å². The van der Waals surface area contributed by atoms with Crippen LogP contribution in [0.3, 0.4) is 0 Å². The maximum Gasteiger partial charge on any atom is 0.245 e. The van der Waals surface area contributed by atoms with Crippen molar-refractivity contribution in [2.75, 3.05) is 13.1 Å². The Kier molecular flexibility index (Phi) is 3.36. The van der Waals surface area contributed by atoms with E-state index in [1.165, 1.54) is 0 Å². The summed E-state index contributed by atoms with van der Waals surface area (Å²) >= 11 is 0. The van der Waals surface area contributed by atoms with Crippen molar-refractivity contribution in [3.63, 3.8) is 0 Å². The Labute approximate surface area is 130 Å². The van der Waals surface area contributed by atoms with E-state index in [0.29, 0.717) is 12.5 Å². The molecule has 1 aromatic heterocycles. The second-order valence-corrected chi connectivity index (χ2v) is 6.75. The number of likely N-dealkylation sites (tertiary alicyclic amines) is 2. The topological polar surface area (TPSA) is 53.5 Å². The molecule has 0 unspecified atom stereocenters. The van der Waals surface area contributed by atoms with Crippen molar-refractivity contribution >= 4 is 11.8 Å². The van der Waals surface area contributed by atoms with Gasteiger partial charge in [0.2, 0.25) is 11.8 Å². The van der Waals surface area contributed by atoms with Gasteiger partial charge in [0.25, 0.3) is 0 Å². The van der Waals surface area contributed by atoms with Crippen LogP contribution in [0.25, 0.3) is 0 Å². The minimum Gasteiger partial charge on any atom is -0.335 e. The molecule has 0 radical (unpaired) electrons. The highest BCUT2D eigenvalue weighted by molar-refractivity contribution is 5.90. The first kappa shape index (κ1) is 13.7. The molecule has 1 saturated carbocycles. The third kappa shape index (κ3) is 2.49. The lowest BCUT2D eigenvalue weighted by Crippen LogP contribution is -2.60. The summed E-state index contributed by atoms with van der Waals surface area (Å²) in [5.74, 6) is 1.03. The van der Waals surface area contributed by atoms with Gasteiger partial charge in [-0.3, -0.25) is 14.6 Å². The van der Waals surface area contributed by atoms with Crippen LogP contribution >= 0.6 is 0 Å². The molecule has 1 aromatic rings. The lowest BCUT2D eigenvalue weighted by Gasteiger charge is -2.46. The minimum absolute atomic E-state index is 0.107. The standard InChI is InChI=1S/C17H21N3O2/c21-16(13-4-5-13)20-8-6-12-9-15(20)17(22)19(10-12)11-14-3-1-2-7-18-14/h1-3,7,12-13,15H,4-6,8-11H2/t12-,15+/m0/s1. The number of rotatable bonds is 3. The smallest absolute Gasteiger partial charge is 0.245 e. The summed E-state index contributed by atoms with van der Waals surface area (Å²) < 4.78 is 0. The molecular weight excluding hydrogens is 278 g/mol. The molecule has 2 bridgehead atoms. The summed E-state index contributed by atoms with van der Waals surface area (Å²) in [6.45, 7) is 2.11. The van der Waals surface area contributed by atoms with Crippen LogP contribution in [0.5, 0.6) is 0 Å². The van der Waals surface area contributed by atoms with Crippen molar-refractivity contribution in [3.05, 3.63) is 30.1 Å². The van der Waals surface area contributed by atoms with Gasteiger partial charge in [0.15, 0.2) is 0 Å². The SMILES string of the molecule is O=C1[C@H]2C[C@H](CCN2C(=O)C2CC2)CN1Cc1ccccn1. The number of hydrogen-bond donors (Lipinski definition) is 0. The Morgan fingerprint density at radius 2 is 2.14 bits per heavy atom. The third-order valence-corrected chi connectivity index (χ3v) is 5.08. The van der Waals surface area contributed by atoms with Gasteiger partial charge in [-0.2, -0.15) is 0 Å². The average molecular weight is 299 g/mol. The highest BCUT2D eigenvalue weighted by Gasteiger charge is 2.45. The zero-order chi connectivity index (χ0) is 15.1. The minimum atomic E-state index is -0.232. The van der Waals surface area contributed by atoms with Gasteiger partial charge in [0, 0.05) is 25.2 Å². The Balaban J connectivity index is 1.51. The summed E-state index contributed by atoms with van der Waals surface area (Å²) in [6.07, 6.45) is 5.61. The number of amides is 2. The van der Waals surface area contributed by atoms with Gasteiger partial charge in [-0.25, -0.2) is 0 Å². The number of piperidine rings is 2. The number of aromatic nitrogens is 1. The number of pyridine rings is 1. The summed E-state index contributed by atoms with van der Waals surface area (Å²) in [6, 6.07) is 5.54. The molecule has 22 heavy (non-hydrogen) atoms. The van der Waals surface area contributed by atoms with Crippen LogP contribution < -0.4 is 0 Å². The van der Waals surface area contributed by atoms with Crippen LogP contribution in [0.2, 0.25) is 0 Å². The molecule has 5 nitrogen and oxygen atoms in total. The molecule has 2 saturated heterocycles. The molecule has 0 spiro atoms. The van der Waals surface area contributed by atoms with Crippen molar-refractivity contribution in [2.24, 2.45) is 11.8 Å². The fraction of sp³-hybridized carbons (Fsp3) is 0.588. The van der Waals surface area contributed by atoms with Crippen molar-refractivity contribution in [1.82, 2.24) is 14.8 Å². The lowest BCUT2D eigenvalue weighted by atomic mass is 9.85. The summed E-state index contributed by atoms with van der Waals surface area (Å²) in [7, 11) is 0. The molecule has 3 heterocycles. The van der Waals surface area contributed by atoms with Gasteiger partial charge in [-0.1, -0.05) is 6.07 Å². The number of hydrogen-bond acceptors (Lipinski definition) is 3. The second-order valence-electron chi connectivity index (χ2n) is 6.75. The van der Waals surface area contributed by atoms with E-state index in [4.69, 9.17) is 0 Å². The molecular formula is C17H21N3O2. The fourth-order valence-corrected chi connectivity index (χ4v) is 3.71. The number of fused-ring (bicyclic) bond motifs is 2. The fourth-order valence-electron chi connectivity index (χ4n) is 3.71. The Morgan fingerprint density at radius 1 is 1.27 bits per heavy atom. The summed E-state index contributed by atoms with van der Waals surface area (Å²) in [5, 5.41) is 0. The predicted molar refractivity (Wildman–Crippen MR) is 80.6 cm³/mol. The number of nitrogens with zero attached hydrogens (tertiary/aromatic N) is 3. The van der Waals surface area contributed by atoms with E-state index in [1.54, 1.807) is 6.20 Å². The van der Waals surface area contributed by atoms with E-state index < -0.39 is 0 Å². The number of carbonyl (C=O) groups is 2. The van der Waals surface area contributed by atoms with E-state index >= 15 is 0 Å². The van der Waals surface area contributed by atoms with Crippen molar-refractivity contribution < 1.29 is 9.59 Å². The zero-order valence-corrected chi connectivity index (χ0v) is 12.6. The Hall–Kier alpha value is -1.91. The molecule has 116 valence electrons. The lowest BCUT2D eigenvalue weighted by molar-refractivity contribution is -0.155. The Bertz CT molecular complexity index is 585. The summed E-state index contributed by atoms with van der Waals surface area (Å²) in [5.41, 5.74) is 0.913. The van der Waals surface area contributed by atoms with Gasteiger partial charge in [0.1, 0.15) is 6.04 Å². The van der Waals surface area contributed by atoms with Gasteiger partial charge in [0.05, 0.1) is 12.2 Å². The van der Waals surface area contributed by atoms with Crippen LogP contribution in [-0.4, -0.2) is 45.7 Å². The third-order valence-electron chi connectivity index (χ3n) is 5.08. The average Bonchev–Trinajstić information content (AvgIpc) is 3.38. The highest BCUT2D eigenvalue weighted by atomic mass is 16.2. The molecule has 3 fully saturated rings. The zero-order valence-electron chi connectivity index (χ0n) is 12.6. The molecule has 3 aliphatic rings. The maximum absolute atomic E-state index is 12.8. The molecule has 5 heteroatoms. The first-order valence-electron chi connectivity index (χ1n) is 8.21. The molecule has 1 aliphatic carbocycles. The predicted octanol–water partition coefficient (Wildman–Crippen LogP) is 1.44. The molecule has 0 N–H and O–H groups in total. The molecule has 4 rings (SSSR count). The molecule has 2 aliphatic heterocycles. The van der Waals surface area contributed by atoms with Gasteiger partial charge in [-0.05, 0) is 43.7 Å². The van der Waals surface area contributed by atoms with Crippen LogP contribution in [-0.2, 0) is 16.1 Å². The second kappa shape index (κ2) is 5.38. The first-order chi connectivity index (χ1) is 10.7. The Morgan fingerprint density at radius 3 is 2.86 bits per heavy atom. The van der Waals surface area contributed by atoms with Crippen molar-refractivity contribution in [3.8, 4) is 0 Å². The van der Waals surface area contributed by atoms with Crippen molar-refractivity contribution in [1.29, 1.82) is 0 Å². The molecule has 0 aromatic carbocycles.